The van der Waals surface area contributed by atoms with E-state index in [1.165, 1.54) is 0 Å². The summed E-state index contributed by atoms with van der Waals surface area (Å²) in [4.78, 5) is 13.6. The maximum Gasteiger partial charge on any atom is 0.233 e. The molecule has 0 unspecified atom stereocenters. The average molecular weight is 398 g/mol. The van der Waals surface area contributed by atoms with Gasteiger partial charge in [0, 0.05) is 23.1 Å². The predicted molar refractivity (Wildman–Crippen MR) is 120 cm³/mol. The van der Waals surface area contributed by atoms with Gasteiger partial charge in [-0.2, -0.15) is 15.0 Å². The molecule has 0 aliphatic heterocycles. The number of nitrogens with zero attached hydrogens (tertiary/aromatic N) is 3. The van der Waals surface area contributed by atoms with Crippen molar-refractivity contribution in [2.24, 2.45) is 0 Å². The zero-order valence-electron chi connectivity index (χ0n) is 16.8. The highest BCUT2D eigenvalue weighted by Gasteiger charge is 2.09. The van der Waals surface area contributed by atoms with Gasteiger partial charge in [-0.3, -0.25) is 0 Å². The molecule has 1 aromatic heterocycles. The molecule has 30 heavy (non-hydrogen) atoms. The molecule has 4 rings (SSSR count). The first-order valence-electron chi connectivity index (χ1n) is 9.51. The highest BCUT2D eigenvalue weighted by Crippen LogP contribution is 2.23. The maximum atomic E-state index is 5.29. The van der Waals surface area contributed by atoms with Gasteiger partial charge in [0.25, 0.3) is 0 Å². The van der Waals surface area contributed by atoms with E-state index in [1.807, 2.05) is 85.8 Å². The molecule has 3 aromatic carbocycles. The monoisotopic (exact) mass is 398 g/mol. The molecular formula is C23H22N6O. The van der Waals surface area contributed by atoms with Crippen molar-refractivity contribution >= 4 is 34.9 Å². The average Bonchev–Trinajstić information content (AvgIpc) is 2.74. The molecule has 0 saturated heterocycles. The SMILES string of the molecule is COc1cccc(Nc2nc(Nc3ccccc3)nc(Nc3cccc(C)c3)n2)c1. The van der Waals surface area contributed by atoms with Gasteiger partial charge < -0.3 is 20.7 Å². The molecule has 0 spiro atoms. The highest BCUT2D eigenvalue weighted by atomic mass is 16.5. The van der Waals surface area contributed by atoms with E-state index < -0.39 is 0 Å². The van der Waals surface area contributed by atoms with Crippen LogP contribution in [0.1, 0.15) is 5.56 Å². The van der Waals surface area contributed by atoms with Crippen molar-refractivity contribution in [2.45, 2.75) is 6.92 Å². The predicted octanol–water partition coefficient (Wildman–Crippen LogP) is 5.42. The van der Waals surface area contributed by atoms with Crippen molar-refractivity contribution in [1.82, 2.24) is 15.0 Å². The topological polar surface area (TPSA) is 84.0 Å². The third-order valence-electron chi connectivity index (χ3n) is 4.27. The molecule has 3 N–H and O–H groups in total. The number of benzene rings is 3. The van der Waals surface area contributed by atoms with Crippen molar-refractivity contribution in [3.8, 4) is 5.75 Å². The van der Waals surface area contributed by atoms with E-state index in [4.69, 9.17) is 4.74 Å². The molecule has 0 radical (unpaired) electrons. The number of hydrogen-bond donors (Lipinski definition) is 3. The summed E-state index contributed by atoms with van der Waals surface area (Å²) in [5.41, 5.74) is 3.75. The molecule has 0 fully saturated rings. The first-order valence-corrected chi connectivity index (χ1v) is 9.51. The Hall–Kier alpha value is -4.13. The van der Waals surface area contributed by atoms with Crippen LogP contribution >= 0.6 is 0 Å². The first-order chi connectivity index (χ1) is 14.7. The highest BCUT2D eigenvalue weighted by molar-refractivity contribution is 5.62. The Morgan fingerprint density at radius 2 is 1.13 bits per heavy atom. The third-order valence-corrected chi connectivity index (χ3v) is 4.27. The van der Waals surface area contributed by atoms with Gasteiger partial charge in [-0.05, 0) is 48.9 Å². The van der Waals surface area contributed by atoms with Crippen LogP contribution in [0, 0.1) is 6.92 Å². The number of aryl methyl sites for hydroxylation is 1. The lowest BCUT2D eigenvalue weighted by Gasteiger charge is -2.12. The van der Waals surface area contributed by atoms with Crippen molar-refractivity contribution in [1.29, 1.82) is 0 Å². The Morgan fingerprint density at radius 3 is 1.73 bits per heavy atom. The second-order valence-electron chi connectivity index (χ2n) is 6.65. The zero-order valence-corrected chi connectivity index (χ0v) is 16.8. The van der Waals surface area contributed by atoms with Gasteiger partial charge in [0.15, 0.2) is 0 Å². The summed E-state index contributed by atoms with van der Waals surface area (Å²) in [6, 6.07) is 25.4. The van der Waals surface area contributed by atoms with Gasteiger partial charge in [-0.15, -0.1) is 0 Å². The Labute approximate surface area is 175 Å². The van der Waals surface area contributed by atoms with Crippen LogP contribution in [-0.4, -0.2) is 22.1 Å². The third kappa shape index (κ3) is 5.02. The van der Waals surface area contributed by atoms with E-state index in [2.05, 4.69) is 30.9 Å². The second-order valence-corrected chi connectivity index (χ2v) is 6.65. The van der Waals surface area contributed by atoms with Crippen LogP contribution in [0.3, 0.4) is 0 Å². The maximum absolute atomic E-state index is 5.29. The van der Waals surface area contributed by atoms with Crippen molar-refractivity contribution in [2.75, 3.05) is 23.1 Å². The summed E-state index contributed by atoms with van der Waals surface area (Å²) in [7, 11) is 1.63. The van der Waals surface area contributed by atoms with Gasteiger partial charge in [-0.1, -0.05) is 36.4 Å². The molecule has 0 bridgehead atoms. The van der Waals surface area contributed by atoms with Gasteiger partial charge in [0.1, 0.15) is 5.75 Å². The zero-order chi connectivity index (χ0) is 20.8. The second kappa shape index (κ2) is 8.91. The molecule has 4 aromatic rings. The smallest absolute Gasteiger partial charge is 0.233 e. The number of ether oxygens (including phenoxy) is 1. The largest absolute Gasteiger partial charge is 0.497 e. The van der Waals surface area contributed by atoms with E-state index in [-0.39, 0.29) is 0 Å². The Morgan fingerprint density at radius 1 is 0.600 bits per heavy atom. The lowest BCUT2D eigenvalue weighted by atomic mass is 10.2. The lowest BCUT2D eigenvalue weighted by Crippen LogP contribution is -2.07. The van der Waals surface area contributed by atoms with Gasteiger partial charge in [-0.25, -0.2) is 0 Å². The summed E-state index contributed by atoms with van der Waals surface area (Å²) in [5.74, 6) is 2.01. The van der Waals surface area contributed by atoms with Crippen molar-refractivity contribution < 1.29 is 4.74 Å². The van der Waals surface area contributed by atoms with E-state index in [0.29, 0.717) is 17.8 Å². The number of rotatable bonds is 7. The van der Waals surface area contributed by atoms with Crippen LogP contribution in [0.15, 0.2) is 78.9 Å². The summed E-state index contributed by atoms with van der Waals surface area (Å²) in [6.45, 7) is 2.04. The fraction of sp³-hybridized carbons (Fsp3) is 0.0870. The van der Waals surface area contributed by atoms with E-state index in [1.54, 1.807) is 7.11 Å². The Bertz CT molecular complexity index is 1130. The van der Waals surface area contributed by atoms with Crippen molar-refractivity contribution in [3.05, 3.63) is 84.4 Å². The molecule has 0 aliphatic carbocycles. The lowest BCUT2D eigenvalue weighted by molar-refractivity contribution is 0.415. The van der Waals surface area contributed by atoms with E-state index in [0.717, 1.165) is 28.4 Å². The molecule has 150 valence electrons. The molecule has 0 aliphatic rings. The number of anilines is 6. The molecule has 0 saturated carbocycles. The standard InChI is InChI=1S/C23H22N6O/c1-16-8-6-11-18(14-16)25-22-27-21(24-17-9-4-3-5-10-17)28-23(29-22)26-19-12-7-13-20(15-19)30-2/h3-15H,1-2H3,(H3,24,25,26,27,28,29). The summed E-state index contributed by atoms with van der Waals surface area (Å²) >= 11 is 0. The van der Waals surface area contributed by atoms with Crippen LogP contribution in [0.4, 0.5) is 34.9 Å². The van der Waals surface area contributed by atoms with Gasteiger partial charge >= 0.3 is 0 Å². The number of para-hydroxylation sites is 1. The van der Waals surface area contributed by atoms with Crippen LogP contribution in [0.5, 0.6) is 5.75 Å². The molecular weight excluding hydrogens is 376 g/mol. The van der Waals surface area contributed by atoms with Crippen LogP contribution in [0.25, 0.3) is 0 Å². The number of hydrogen-bond acceptors (Lipinski definition) is 7. The van der Waals surface area contributed by atoms with E-state index in [9.17, 15) is 0 Å². The normalized spacial score (nSPS) is 10.3. The molecule has 7 nitrogen and oxygen atoms in total. The fourth-order valence-electron chi connectivity index (χ4n) is 2.88. The quantitative estimate of drug-likeness (QED) is 0.383. The summed E-state index contributed by atoms with van der Waals surface area (Å²) in [6.07, 6.45) is 0. The Balaban J connectivity index is 1.65. The van der Waals surface area contributed by atoms with Crippen LogP contribution in [0.2, 0.25) is 0 Å². The minimum atomic E-state index is 0.409. The summed E-state index contributed by atoms with van der Waals surface area (Å²) in [5, 5.41) is 9.70. The Kier molecular flexibility index (Phi) is 5.70. The van der Waals surface area contributed by atoms with Crippen LogP contribution in [-0.2, 0) is 0 Å². The number of nitrogens with one attached hydrogen (secondary N) is 3. The van der Waals surface area contributed by atoms with E-state index >= 15 is 0 Å². The van der Waals surface area contributed by atoms with Gasteiger partial charge in [0.2, 0.25) is 17.8 Å². The molecule has 1 heterocycles. The molecule has 0 amide bonds. The minimum absolute atomic E-state index is 0.409. The number of methoxy groups -OCH3 is 1. The fourth-order valence-corrected chi connectivity index (χ4v) is 2.88. The number of aromatic nitrogens is 3. The van der Waals surface area contributed by atoms with Crippen LogP contribution < -0.4 is 20.7 Å². The van der Waals surface area contributed by atoms with Crippen molar-refractivity contribution in [3.63, 3.8) is 0 Å². The molecule has 0 atom stereocenters. The minimum Gasteiger partial charge on any atom is -0.497 e. The summed E-state index contributed by atoms with van der Waals surface area (Å²) < 4.78 is 5.29. The molecule has 7 heteroatoms. The van der Waals surface area contributed by atoms with Gasteiger partial charge in [0.05, 0.1) is 7.11 Å². The first kappa shape index (κ1) is 19.2.